The lowest BCUT2D eigenvalue weighted by molar-refractivity contribution is 0.0943. The Kier molecular flexibility index (Phi) is 4.56. The SMILES string of the molecule is CNc1ccc(C(=O)NCC2CCCCC2)cn1. The first-order valence-electron chi connectivity index (χ1n) is 6.71. The smallest absolute Gasteiger partial charge is 0.252 e. The molecule has 4 heteroatoms. The van der Waals surface area contributed by atoms with Crippen molar-refractivity contribution >= 4 is 11.7 Å². The van der Waals surface area contributed by atoms with Crippen LogP contribution in [0, 0.1) is 5.92 Å². The number of rotatable bonds is 4. The van der Waals surface area contributed by atoms with Crippen molar-refractivity contribution in [2.75, 3.05) is 18.9 Å². The fourth-order valence-corrected chi connectivity index (χ4v) is 2.41. The number of aromatic nitrogens is 1. The van der Waals surface area contributed by atoms with Gasteiger partial charge in [0, 0.05) is 19.8 Å². The molecule has 1 saturated carbocycles. The van der Waals surface area contributed by atoms with Crippen molar-refractivity contribution in [3.05, 3.63) is 23.9 Å². The highest BCUT2D eigenvalue weighted by molar-refractivity contribution is 5.94. The predicted octanol–water partition coefficient (Wildman–Crippen LogP) is 2.43. The first kappa shape index (κ1) is 12.9. The number of anilines is 1. The number of carbonyl (C=O) groups excluding carboxylic acids is 1. The fourth-order valence-electron chi connectivity index (χ4n) is 2.41. The molecule has 1 aliphatic rings. The predicted molar refractivity (Wildman–Crippen MR) is 72.7 cm³/mol. The van der Waals surface area contributed by atoms with Crippen molar-refractivity contribution < 1.29 is 4.79 Å². The van der Waals surface area contributed by atoms with Gasteiger partial charge in [0.2, 0.25) is 0 Å². The summed E-state index contributed by atoms with van der Waals surface area (Å²) in [6.07, 6.45) is 8.06. The highest BCUT2D eigenvalue weighted by Gasteiger charge is 2.14. The number of nitrogens with one attached hydrogen (secondary N) is 2. The van der Waals surface area contributed by atoms with Gasteiger partial charge in [-0.1, -0.05) is 19.3 Å². The van der Waals surface area contributed by atoms with Gasteiger partial charge in [0.15, 0.2) is 0 Å². The van der Waals surface area contributed by atoms with Crippen LogP contribution in [0.1, 0.15) is 42.5 Å². The van der Waals surface area contributed by atoms with E-state index in [0.29, 0.717) is 11.5 Å². The molecule has 0 atom stereocenters. The Labute approximate surface area is 108 Å². The zero-order valence-corrected chi connectivity index (χ0v) is 10.9. The summed E-state index contributed by atoms with van der Waals surface area (Å²) in [6.45, 7) is 0.798. The number of amides is 1. The Balaban J connectivity index is 1.82. The largest absolute Gasteiger partial charge is 0.373 e. The van der Waals surface area contributed by atoms with E-state index in [2.05, 4.69) is 15.6 Å². The Morgan fingerprint density at radius 2 is 2.11 bits per heavy atom. The van der Waals surface area contributed by atoms with Crippen LogP contribution >= 0.6 is 0 Å². The third-order valence-corrected chi connectivity index (χ3v) is 3.56. The van der Waals surface area contributed by atoms with E-state index in [1.165, 1.54) is 32.1 Å². The van der Waals surface area contributed by atoms with E-state index >= 15 is 0 Å². The average Bonchev–Trinajstić information content (AvgIpc) is 2.46. The molecule has 1 aromatic heterocycles. The zero-order chi connectivity index (χ0) is 12.8. The average molecular weight is 247 g/mol. The first-order chi connectivity index (χ1) is 8.79. The van der Waals surface area contributed by atoms with Crippen LogP contribution in [0.4, 0.5) is 5.82 Å². The van der Waals surface area contributed by atoms with Crippen LogP contribution in [0.5, 0.6) is 0 Å². The second kappa shape index (κ2) is 6.38. The molecule has 1 fully saturated rings. The van der Waals surface area contributed by atoms with Crippen molar-refractivity contribution in [2.24, 2.45) is 5.92 Å². The van der Waals surface area contributed by atoms with Crippen LogP contribution in [0.2, 0.25) is 0 Å². The standard InChI is InChI=1S/C14H21N3O/c1-15-13-8-7-12(10-16-13)14(18)17-9-11-5-3-2-4-6-11/h7-8,10-11H,2-6,9H2,1H3,(H,15,16)(H,17,18). The minimum atomic E-state index is -0.0178. The second-order valence-electron chi connectivity index (χ2n) is 4.90. The van der Waals surface area contributed by atoms with E-state index in [9.17, 15) is 4.79 Å². The van der Waals surface area contributed by atoms with Crippen molar-refractivity contribution in [2.45, 2.75) is 32.1 Å². The summed E-state index contributed by atoms with van der Waals surface area (Å²) in [4.78, 5) is 16.1. The van der Waals surface area contributed by atoms with E-state index in [4.69, 9.17) is 0 Å². The lowest BCUT2D eigenvalue weighted by atomic mass is 9.89. The molecule has 1 aromatic rings. The van der Waals surface area contributed by atoms with Gasteiger partial charge in [-0.2, -0.15) is 0 Å². The van der Waals surface area contributed by atoms with Crippen LogP contribution in [0.3, 0.4) is 0 Å². The molecule has 4 nitrogen and oxygen atoms in total. The maximum Gasteiger partial charge on any atom is 0.252 e. The van der Waals surface area contributed by atoms with Gasteiger partial charge in [0.25, 0.3) is 5.91 Å². The Morgan fingerprint density at radius 3 is 2.72 bits per heavy atom. The molecule has 0 radical (unpaired) electrons. The number of hydrogen-bond donors (Lipinski definition) is 2. The van der Waals surface area contributed by atoms with Gasteiger partial charge in [-0.3, -0.25) is 4.79 Å². The normalized spacial score (nSPS) is 16.3. The number of nitrogens with zero attached hydrogens (tertiary/aromatic N) is 1. The van der Waals surface area contributed by atoms with Crippen molar-refractivity contribution in [3.63, 3.8) is 0 Å². The van der Waals surface area contributed by atoms with E-state index in [-0.39, 0.29) is 5.91 Å². The molecule has 18 heavy (non-hydrogen) atoms. The summed E-state index contributed by atoms with van der Waals surface area (Å²) >= 11 is 0. The molecule has 0 saturated heterocycles. The summed E-state index contributed by atoms with van der Waals surface area (Å²) in [6, 6.07) is 3.62. The maximum absolute atomic E-state index is 11.9. The molecule has 98 valence electrons. The molecule has 2 rings (SSSR count). The molecule has 1 aliphatic carbocycles. The Morgan fingerprint density at radius 1 is 1.33 bits per heavy atom. The van der Waals surface area contributed by atoms with E-state index in [1.54, 1.807) is 12.3 Å². The first-order valence-corrected chi connectivity index (χ1v) is 6.71. The van der Waals surface area contributed by atoms with Gasteiger partial charge in [-0.25, -0.2) is 4.98 Å². The Bertz CT molecular complexity index is 383. The molecular weight excluding hydrogens is 226 g/mol. The third-order valence-electron chi connectivity index (χ3n) is 3.56. The molecule has 0 aliphatic heterocycles. The number of carbonyl (C=O) groups is 1. The topological polar surface area (TPSA) is 54.0 Å². The molecule has 0 spiro atoms. The molecular formula is C14H21N3O. The van der Waals surface area contributed by atoms with Crippen LogP contribution in [0.15, 0.2) is 18.3 Å². The summed E-state index contributed by atoms with van der Waals surface area (Å²) in [5.41, 5.74) is 0.629. The molecule has 0 unspecified atom stereocenters. The number of pyridine rings is 1. The Hall–Kier alpha value is -1.58. The van der Waals surface area contributed by atoms with E-state index in [1.807, 2.05) is 13.1 Å². The minimum Gasteiger partial charge on any atom is -0.373 e. The van der Waals surface area contributed by atoms with Crippen molar-refractivity contribution in [1.29, 1.82) is 0 Å². The van der Waals surface area contributed by atoms with Gasteiger partial charge in [0.05, 0.1) is 5.56 Å². The van der Waals surface area contributed by atoms with Crippen molar-refractivity contribution in [3.8, 4) is 0 Å². The number of hydrogen-bond acceptors (Lipinski definition) is 3. The van der Waals surface area contributed by atoms with Gasteiger partial charge in [0.1, 0.15) is 5.82 Å². The summed E-state index contributed by atoms with van der Waals surface area (Å²) in [7, 11) is 1.81. The second-order valence-corrected chi connectivity index (χ2v) is 4.90. The fraction of sp³-hybridized carbons (Fsp3) is 0.571. The van der Waals surface area contributed by atoms with Crippen LogP contribution in [0.25, 0.3) is 0 Å². The highest BCUT2D eigenvalue weighted by Crippen LogP contribution is 2.22. The summed E-state index contributed by atoms with van der Waals surface area (Å²) in [5, 5.41) is 5.94. The maximum atomic E-state index is 11.9. The van der Waals surface area contributed by atoms with Crippen molar-refractivity contribution in [1.82, 2.24) is 10.3 Å². The third kappa shape index (κ3) is 3.45. The molecule has 2 N–H and O–H groups in total. The molecule has 0 bridgehead atoms. The van der Waals surface area contributed by atoms with Crippen LogP contribution < -0.4 is 10.6 Å². The summed E-state index contributed by atoms with van der Waals surface area (Å²) in [5.74, 6) is 1.42. The van der Waals surface area contributed by atoms with Gasteiger partial charge >= 0.3 is 0 Å². The van der Waals surface area contributed by atoms with Crippen LogP contribution in [-0.4, -0.2) is 24.5 Å². The van der Waals surface area contributed by atoms with E-state index < -0.39 is 0 Å². The van der Waals surface area contributed by atoms with Gasteiger partial charge in [-0.05, 0) is 30.9 Å². The summed E-state index contributed by atoms with van der Waals surface area (Å²) < 4.78 is 0. The van der Waals surface area contributed by atoms with Crippen LogP contribution in [-0.2, 0) is 0 Å². The van der Waals surface area contributed by atoms with Gasteiger partial charge < -0.3 is 10.6 Å². The lowest BCUT2D eigenvalue weighted by Gasteiger charge is -2.21. The minimum absolute atomic E-state index is 0.0178. The molecule has 1 heterocycles. The molecule has 0 aromatic carbocycles. The highest BCUT2D eigenvalue weighted by atomic mass is 16.1. The zero-order valence-electron chi connectivity index (χ0n) is 10.9. The molecule has 1 amide bonds. The monoisotopic (exact) mass is 247 g/mol. The quantitative estimate of drug-likeness (QED) is 0.859. The lowest BCUT2D eigenvalue weighted by Crippen LogP contribution is -2.30. The van der Waals surface area contributed by atoms with E-state index in [0.717, 1.165) is 12.4 Å². The van der Waals surface area contributed by atoms with Gasteiger partial charge in [-0.15, -0.1) is 0 Å².